The first-order chi connectivity index (χ1) is 15.0. The zero-order chi connectivity index (χ0) is 21.5. The summed E-state index contributed by atoms with van der Waals surface area (Å²) < 4.78 is 6.04. The first-order valence-corrected chi connectivity index (χ1v) is 11.3. The molecule has 1 saturated heterocycles. The van der Waals surface area contributed by atoms with Crippen molar-refractivity contribution in [2.75, 3.05) is 31.1 Å². The number of anilines is 1. The second-order valence-corrected chi connectivity index (χ2v) is 9.25. The van der Waals surface area contributed by atoms with Crippen LogP contribution in [-0.4, -0.2) is 59.8 Å². The molecule has 8 nitrogen and oxygen atoms in total. The molecule has 1 aromatic carbocycles. The number of fused-ring (bicyclic) bond motifs is 1. The quantitative estimate of drug-likeness (QED) is 0.415. The molecule has 3 aromatic heterocycles. The molecule has 5 rings (SSSR count). The van der Waals surface area contributed by atoms with Gasteiger partial charge in [0.15, 0.2) is 17.0 Å². The van der Waals surface area contributed by atoms with Crippen LogP contribution in [0.25, 0.3) is 22.6 Å². The molecule has 0 unspecified atom stereocenters. The fraction of sp³-hybridized carbons (Fsp3) is 0.300. The first-order valence-electron chi connectivity index (χ1n) is 9.79. The number of halogens is 2. The summed E-state index contributed by atoms with van der Waals surface area (Å²) >= 11 is 14.3. The van der Waals surface area contributed by atoms with E-state index in [2.05, 4.69) is 24.3 Å². The maximum Gasteiger partial charge on any atom is 0.165 e. The molecule has 0 radical (unpaired) electrons. The summed E-state index contributed by atoms with van der Waals surface area (Å²) in [5.41, 5.74) is 2.56. The van der Waals surface area contributed by atoms with Crippen molar-refractivity contribution in [3.8, 4) is 11.4 Å². The minimum atomic E-state index is 0.675. The molecule has 0 saturated carbocycles. The van der Waals surface area contributed by atoms with E-state index in [1.54, 1.807) is 23.0 Å². The molecular weight excluding hydrogens is 455 g/mol. The van der Waals surface area contributed by atoms with Gasteiger partial charge >= 0.3 is 0 Å². The lowest BCUT2D eigenvalue weighted by atomic mass is 10.3. The number of piperazine rings is 1. The molecule has 0 N–H and O–H groups in total. The van der Waals surface area contributed by atoms with Crippen LogP contribution in [0.2, 0.25) is 10.0 Å². The maximum absolute atomic E-state index is 6.33. The second kappa shape index (κ2) is 8.31. The summed E-state index contributed by atoms with van der Waals surface area (Å²) in [6.45, 7) is 3.33. The van der Waals surface area contributed by atoms with E-state index < -0.39 is 0 Å². The summed E-state index contributed by atoms with van der Waals surface area (Å²) in [4.78, 5) is 17.1. The largest absolute Gasteiger partial charge is 0.352 e. The summed E-state index contributed by atoms with van der Waals surface area (Å²) in [5.74, 6) is 1.68. The Labute approximate surface area is 193 Å². The van der Waals surface area contributed by atoms with Crippen molar-refractivity contribution in [1.29, 1.82) is 0 Å². The molecule has 11 heteroatoms. The van der Waals surface area contributed by atoms with Crippen LogP contribution in [0.1, 0.15) is 0 Å². The number of nitrogens with zero attached hydrogens (tertiary/aromatic N) is 8. The van der Waals surface area contributed by atoms with Gasteiger partial charge in [0.05, 0.1) is 26.7 Å². The minimum Gasteiger partial charge on any atom is -0.352 e. The third kappa shape index (κ3) is 3.87. The zero-order valence-corrected chi connectivity index (χ0v) is 19.4. The molecule has 31 heavy (non-hydrogen) atoms. The fourth-order valence-corrected chi connectivity index (χ4v) is 5.22. The lowest BCUT2D eigenvalue weighted by molar-refractivity contribution is 0.428. The SMILES string of the molecule is Cn1cc(-c2nc3c(N4CCN(Sc5c(Cl)cccc5Cl)CC4)ncnc3n2C)cn1. The van der Waals surface area contributed by atoms with Crippen molar-refractivity contribution >= 4 is 52.1 Å². The second-order valence-electron chi connectivity index (χ2n) is 7.32. The lowest BCUT2D eigenvalue weighted by Gasteiger charge is -2.34. The van der Waals surface area contributed by atoms with Gasteiger partial charge in [-0.2, -0.15) is 5.10 Å². The van der Waals surface area contributed by atoms with Crippen LogP contribution in [0, 0.1) is 0 Å². The molecule has 0 bridgehead atoms. The summed E-state index contributed by atoms with van der Waals surface area (Å²) in [6.07, 6.45) is 5.37. The monoisotopic (exact) mass is 474 g/mol. The molecule has 0 amide bonds. The Morgan fingerprint density at radius 2 is 1.74 bits per heavy atom. The van der Waals surface area contributed by atoms with Crippen molar-refractivity contribution in [3.63, 3.8) is 0 Å². The van der Waals surface area contributed by atoms with Crippen molar-refractivity contribution in [2.45, 2.75) is 4.90 Å². The fourth-order valence-electron chi connectivity index (χ4n) is 3.70. The standard InChI is InChI=1S/C20H20Cl2N8S/c1-27-11-13(10-25-27)18-26-16-19(28(18)2)23-12-24-20(16)29-6-8-30(9-7-29)31-17-14(21)4-3-5-15(17)22/h3-5,10-12H,6-9H2,1-2H3. The van der Waals surface area contributed by atoms with E-state index in [0.29, 0.717) is 10.0 Å². The highest BCUT2D eigenvalue weighted by molar-refractivity contribution is 7.97. The van der Waals surface area contributed by atoms with Crippen LogP contribution >= 0.6 is 35.1 Å². The lowest BCUT2D eigenvalue weighted by Crippen LogP contribution is -2.44. The highest BCUT2D eigenvalue weighted by Gasteiger charge is 2.24. The van der Waals surface area contributed by atoms with E-state index in [1.807, 2.05) is 49.3 Å². The minimum absolute atomic E-state index is 0.675. The molecule has 1 aliphatic rings. The predicted molar refractivity (Wildman–Crippen MR) is 125 cm³/mol. The Kier molecular flexibility index (Phi) is 5.51. The molecule has 0 spiro atoms. The molecule has 4 heterocycles. The topological polar surface area (TPSA) is 67.9 Å². The van der Waals surface area contributed by atoms with E-state index in [9.17, 15) is 0 Å². The van der Waals surface area contributed by atoms with Crippen LogP contribution < -0.4 is 4.90 Å². The van der Waals surface area contributed by atoms with Crippen LogP contribution in [0.3, 0.4) is 0 Å². The van der Waals surface area contributed by atoms with Gasteiger partial charge in [0.2, 0.25) is 0 Å². The molecular formula is C20H20Cl2N8S. The van der Waals surface area contributed by atoms with Crippen LogP contribution in [0.15, 0.2) is 41.8 Å². The van der Waals surface area contributed by atoms with Gasteiger partial charge in [-0.05, 0) is 24.1 Å². The molecule has 0 aliphatic carbocycles. The Hall–Kier alpha value is -2.33. The predicted octanol–water partition coefficient (Wildman–Crippen LogP) is 3.90. The van der Waals surface area contributed by atoms with Crippen LogP contribution in [0.4, 0.5) is 5.82 Å². The average molecular weight is 475 g/mol. The van der Waals surface area contributed by atoms with Gasteiger partial charge in [0.1, 0.15) is 12.2 Å². The number of benzene rings is 1. The van der Waals surface area contributed by atoms with Gasteiger partial charge in [0, 0.05) is 46.5 Å². The number of hydrogen-bond acceptors (Lipinski definition) is 7. The molecule has 160 valence electrons. The molecule has 0 atom stereocenters. The number of imidazole rings is 1. The summed E-state index contributed by atoms with van der Waals surface area (Å²) in [5, 5.41) is 5.61. The van der Waals surface area contributed by atoms with Gasteiger partial charge in [0.25, 0.3) is 0 Å². The third-order valence-electron chi connectivity index (χ3n) is 5.28. The number of aromatic nitrogens is 6. The van der Waals surface area contributed by atoms with Gasteiger partial charge in [-0.3, -0.25) is 4.68 Å². The van der Waals surface area contributed by atoms with Gasteiger partial charge in [-0.15, -0.1) is 0 Å². The van der Waals surface area contributed by atoms with E-state index in [4.69, 9.17) is 28.2 Å². The van der Waals surface area contributed by atoms with Crippen molar-refractivity contribution in [2.24, 2.45) is 14.1 Å². The molecule has 1 fully saturated rings. The van der Waals surface area contributed by atoms with Crippen molar-refractivity contribution < 1.29 is 0 Å². The smallest absolute Gasteiger partial charge is 0.165 e. The highest BCUT2D eigenvalue weighted by atomic mass is 35.5. The van der Waals surface area contributed by atoms with Crippen LogP contribution in [0.5, 0.6) is 0 Å². The first kappa shape index (κ1) is 20.6. The van der Waals surface area contributed by atoms with E-state index in [-0.39, 0.29) is 0 Å². The van der Waals surface area contributed by atoms with E-state index in [0.717, 1.165) is 59.4 Å². The Balaban J connectivity index is 1.37. The zero-order valence-electron chi connectivity index (χ0n) is 17.0. The van der Waals surface area contributed by atoms with Gasteiger partial charge < -0.3 is 9.47 Å². The summed E-state index contributed by atoms with van der Waals surface area (Å²) in [7, 11) is 3.86. The van der Waals surface area contributed by atoms with E-state index in [1.165, 1.54) is 0 Å². The summed E-state index contributed by atoms with van der Waals surface area (Å²) in [6, 6.07) is 5.59. The van der Waals surface area contributed by atoms with Crippen LogP contribution in [-0.2, 0) is 14.1 Å². The maximum atomic E-state index is 6.33. The van der Waals surface area contributed by atoms with E-state index >= 15 is 0 Å². The highest BCUT2D eigenvalue weighted by Crippen LogP contribution is 2.37. The Bertz CT molecular complexity index is 1230. The number of aryl methyl sites for hydroxylation is 2. The third-order valence-corrected chi connectivity index (χ3v) is 7.38. The number of rotatable bonds is 4. The van der Waals surface area contributed by atoms with Crippen molar-refractivity contribution in [3.05, 3.63) is 47.0 Å². The van der Waals surface area contributed by atoms with Gasteiger partial charge in [-0.1, -0.05) is 29.3 Å². The molecule has 1 aliphatic heterocycles. The molecule has 4 aromatic rings. The number of hydrogen-bond donors (Lipinski definition) is 0. The Morgan fingerprint density at radius 3 is 2.42 bits per heavy atom. The normalized spacial score (nSPS) is 15.2. The average Bonchev–Trinajstić information content (AvgIpc) is 3.34. The Morgan fingerprint density at radius 1 is 1.00 bits per heavy atom. The van der Waals surface area contributed by atoms with Gasteiger partial charge in [-0.25, -0.2) is 19.3 Å². The van der Waals surface area contributed by atoms with Crippen molar-refractivity contribution in [1.82, 2.24) is 33.6 Å².